The number of thiocarbonyl (C=S) groups is 1. The zero-order chi connectivity index (χ0) is 15.4. The lowest BCUT2D eigenvalue weighted by atomic mass is 10.2. The Morgan fingerprint density at radius 3 is 2.38 bits per heavy atom. The first kappa shape index (κ1) is 15.6. The van der Waals surface area contributed by atoms with Crippen LogP contribution in [-0.2, 0) is 0 Å². The first-order valence-corrected chi connectivity index (χ1v) is 7.27. The highest BCUT2D eigenvalue weighted by Gasteiger charge is 2.05. The van der Waals surface area contributed by atoms with Crippen molar-refractivity contribution in [2.75, 3.05) is 17.7 Å². The van der Waals surface area contributed by atoms with Crippen LogP contribution < -0.4 is 15.4 Å². The van der Waals surface area contributed by atoms with Gasteiger partial charge < -0.3 is 15.4 Å². The van der Waals surface area contributed by atoms with Gasteiger partial charge in [-0.2, -0.15) is 0 Å². The molecule has 0 unspecified atom stereocenters. The Bertz CT molecular complexity index is 673. The van der Waals surface area contributed by atoms with Crippen LogP contribution in [0.4, 0.5) is 11.4 Å². The summed E-state index contributed by atoms with van der Waals surface area (Å²) in [6, 6.07) is 11.4. The van der Waals surface area contributed by atoms with E-state index in [2.05, 4.69) is 10.6 Å². The molecule has 0 saturated heterocycles. The summed E-state index contributed by atoms with van der Waals surface area (Å²) in [4.78, 5) is 0. The molecular formula is C16H17ClN2OS. The van der Waals surface area contributed by atoms with Crippen molar-refractivity contribution in [2.45, 2.75) is 13.8 Å². The van der Waals surface area contributed by atoms with Crippen LogP contribution >= 0.6 is 23.8 Å². The number of hydrogen-bond acceptors (Lipinski definition) is 2. The fourth-order valence-electron chi connectivity index (χ4n) is 1.91. The number of hydrogen-bond donors (Lipinski definition) is 2. The van der Waals surface area contributed by atoms with Gasteiger partial charge in [0.05, 0.1) is 7.11 Å². The molecule has 5 heteroatoms. The van der Waals surface area contributed by atoms with Gasteiger partial charge in [0.2, 0.25) is 0 Å². The zero-order valence-corrected chi connectivity index (χ0v) is 13.7. The van der Waals surface area contributed by atoms with Crippen LogP contribution in [0.3, 0.4) is 0 Å². The summed E-state index contributed by atoms with van der Waals surface area (Å²) in [5.41, 5.74) is 3.97. The minimum absolute atomic E-state index is 0.525. The fourth-order valence-corrected chi connectivity index (χ4v) is 2.35. The lowest BCUT2D eigenvalue weighted by Gasteiger charge is -2.15. The predicted molar refractivity (Wildman–Crippen MR) is 93.8 cm³/mol. The van der Waals surface area contributed by atoms with E-state index in [1.807, 2.05) is 50.2 Å². The van der Waals surface area contributed by atoms with Crippen LogP contribution in [0.1, 0.15) is 11.1 Å². The zero-order valence-electron chi connectivity index (χ0n) is 12.2. The lowest BCUT2D eigenvalue weighted by Crippen LogP contribution is -2.20. The van der Waals surface area contributed by atoms with Gasteiger partial charge in [-0.25, -0.2) is 0 Å². The molecule has 2 aromatic rings. The van der Waals surface area contributed by atoms with Crippen LogP contribution in [0, 0.1) is 13.8 Å². The van der Waals surface area contributed by atoms with Crippen LogP contribution in [0.2, 0.25) is 5.02 Å². The van der Waals surface area contributed by atoms with E-state index in [-0.39, 0.29) is 0 Å². The minimum Gasteiger partial charge on any atom is -0.497 e. The number of nitrogens with one attached hydrogen (secondary N) is 2. The molecule has 2 aromatic carbocycles. The molecule has 0 spiro atoms. The van der Waals surface area contributed by atoms with Crippen molar-refractivity contribution in [3.63, 3.8) is 0 Å². The van der Waals surface area contributed by atoms with Crippen LogP contribution in [0.5, 0.6) is 5.75 Å². The molecule has 0 amide bonds. The molecule has 21 heavy (non-hydrogen) atoms. The number of halogens is 1. The summed E-state index contributed by atoms with van der Waals surface area (Å²) in [6.45, 7) is 3.99. The van der Waals surface area contributed by atoms with Crippen molar-refractivity contribution in [1.29, 1.82) is 0 Å². The highest BCUT2D eigenvalue weighted by molar-refractivity contribution is 7.80. The summed E-state index contributed by atoms with van der Waals surface area (Å²) in [6.07, 6.45) is 0. The van der Waals surface area contributed by atoms with Crippen molar-refractivity contribution in [3.8, 4) is 5.75 Å². The summed E-state index contributed by atoms with van der Waals surface area (Å²) < 4.78 is 5.22. The number of rotatable bonds is 3. The van der Waals surface area contributed by atoms with E-state index in [1.54, 1.807) is 7.11 Å². The van der Waals surface area contributed by atoms with E-state index < -0.39 is 0 Å². The molecule has 0 aliphatic heterocycles. The Morgan fingerprint density at radius 1 is 1.00 bits per heavy atom. The molecule has 0 aliphatic carbocycles. The first-order chi connectivity index (χ1) is 9.99. The first-order valence-electron chi connectivity index (χ1n) is 6.48. The van der Waals surface area contributed by atoms with E-state index in [0.29, 0.717) is 10.1 Å². The van der Waals surface area contributed by atoms with Gasteiger partial charge in [0.25, 0.3) is 0 Å². The van der Waals surface area contributed by atoms with Gasteiger partial charge in [-0.15, -0.1) is 0 Å². The third-order valence-corrected chi connectivity index (χ3v) is 3.57. The maximum atomic E-state index is 5.95. The standard InChI is InChI=1S/C16H17ClN2OS/c1-10-4-6-13(20-3)9-15(10)19-16(21)18-14-7-5-12(17)8-11(14)2/h4-9H,1-3H3,(H2,18,19,21). The Labute approximate surface area is 135 Å². The van der Waals surface area contributed by atoms with Crippen molar-refractivity contribution in [2.24, 2.45) is 0 Å². The van der Waals surface area contributed by atoms with Crippen molar-refractivity contribution in [3.05, 3.63) is 52.5 Å². The Hall–Kier alpha value is -1.78. The van der Waals surface area contributed by atoms with Gasteiger partial charge in [-0.05, 0) is 61.5 Å². The number of aryl methyl sites for hydroxylation is 2. The van der Waals surface area contributed by atoms with Gasteiger partial charge in [0.1, 0.15) is 5.75 Å². The second-order valence-corrected chi connectivity index (χ2v) is 5.56. The average molecular weight is 321 g/mol. The Morgan fingerprint density at radius 2 is 1.71 bits per heavy atom. The molecule has 2 N–H and O–H groups in total. The van der Waals surface area contributed by atoms with Gasteiger partial charge in [0, 0.05) is 22.5 Å². The van der Waals surface area contributed by atoms with Gasteiger partial charge in [-0.3, -0.25) is 0 Å². The highest BCUT2D eigenvalue weighted by atomic mass is 35.5. The molecule has 0 saturated carbocycles. The Kier molecular flexibility index (Phi) is 5.04. The third kappa shape index (κ3) is 4.09. The topological polar surface area (TPSA) is 33.3 Å². The predicted octanol–water partition coefficient (Wildman–Crippen LogP) is 4.77. The quantitative estimate of drug-likeness (QED) is 0.798. The molecule has 0 aromatic heterocycles. The summed E-state index contributed by atoms with van der Waals surface area (Å²) >= 11 is 11.3. The van der Waals surface area contributed by atoms with Gasteiger partial charge >= 0.3 is 0 Å². The van der Waals surface area contributed by atoms with Crippen LogP contribution in [0.25, 0.3) is 0 Å². The van der Waals surface area contributed by atoms with Gasteiger partial charge in [0.15, 0.2) is 5.11 Å². The third-order valence-electron chi connectivity index (χ3n) is 3.13. The normalized spacial score (nSPS) is 10.1. The van der Waals surface area contributed by atoms with E-state index in [1.165, 1.54) is 0 Å². The van der Waals surface area contributed by atoms with Crippen molar-refractivity contribution >= 4 is 40.3 Å². The smallest absolute Gasteiger partial charge is 0.175 e. The maximum absolute atomic E-state index is 5.95. The van der Waals surface area contributed by atoms with E-state index in [0.717, 1.165) is 28.3 Å². The molecule has 3 nitrogen and oxygen atoms in total. The fraction of sp³-hybridized carbons (Fsp3) is 0.188. The molecule has 0 radical (unpaired) electrons. The van der Waals surface area contributed by atoms with Crippen LogP contribution in [-0.4, -0.2) is 12.2 Å². The average Bonchev–Trinajstić information content (AvgIpc) is 2.44. The monoisotopic (exact) mass is 320 g/mol. The number of ether oxygens (including phenoxy) is 1. The lowest BCUT2D eigenvalue weighted by molar-refractivity contribution is 0.415. The van der Waals surface area contributed by atoms with Crippen molar-refractivity contribution in [1.82, 2.24) is 0 Å². The largest absolute Gasteiger partial charge is 0.497 e. The molecule has 0 fully saturated rings. The number of benzene rings is 2. The number of methoxy groups -OCH3 is 1. The second-order valence-electron chi connectivity index (χ2n) is 4.72. The summed E-state index contributed by atoms with van der Waals surface area (Å²) in [5, 5.41) is 7.59. The van der Waals surface area contributed by atoms with Crippen molar-refractivity contribution < 1.29 is 4.74 Å². The summed E-state index contributed by atoms with van der Waals surface area (Å²) in [7, 11) is 1.64. The van der Waals surface area contributed by atoms with Crippen LogP contribution in [0.15, 0.2) is 36.4 Å². The molecular weight excluding hydrogens is 304 g/mol. The molecule has 2 rings (SSSR count). The highest BCUT2D eigenvalue weighted by Crippen LogP contribution is 2.23. The number of anilines is 2. The van der Waals surface area contributed by atoms with E-state index >= 15 is 0 Å². The second kappa shape index (κ2) is 6.78. The molecule has 0 atom stereocenters. The van der Waals surface area contributed by atoms with E-state index in [4.69, 9.17) is 28.6 Å². The SMILES string of the molecule is COc1ccc(C)c(NC(=S)Nc2ccc(Cl)cc2C)c1. The summed E-state index contributed by atoms with van der Waals surface area (Å²) in [5.74, 6) is 0.786. The maximum Gasteiger partial charge on any atom is 0.175 e. The molecule has 0 heterocycles. The molecule has 0 aliphatic rings. The Balaban J connectivity index is 2.11. The van der Waals surface area contributed by atoms with E-state index in [9.17, 15) is 0 Å². The van der Waals surface area contributed by atoms with Gasteiger partial charge in [-0.1, -0.05) is 17.7 Å². The molecule has 0 bridgehead atoms. The minimum atomic E-state index is 0.525. The molecule has 110 valence electrons.